The zero-order valence-corrected chi connectivity index (χ0v) is 16.0. The molecule has 144 valence electrons. The van der Waals surface area contributed by atoms with E-state index in [1.807, 2.05) is 18.2 Å². The molecule has 28 heavy (non-hydrogen) atoms. The maximum absolute atomic E-state index is 13.0. The lowest BCUT2D eigenvalue weighted by molar-refractivity contribution is -0.133. The van der Waals surface area contributed by atoms with Crippen LogP contribution in [0.15, 0.2) is 36.5 Å². The van der Waals surface area contributed by atoms with E-state index in [0.717, 1.165) is 29.7 Å². The fourth-order valence-corrected chi connectivity index (χ4v) is 3.90. The number of benzene rings is 1. The van der Waals surface area contributed by atoms with Gasteiger partial charge in [-0.25, -0.2) is 9.78 Å². The van der Waals surface area contributed by atoms with E-state index in [1.54, 1.807) is 19.1 Å². The van der Waals surface area contributed by atoms with E-state index in [4.69, 9.17) is 11.6 Å². The topological polar surface area (TPSA) is 91.4 Å². The maximum Gasteiger partial charge on any atom is 0.325 e. The van der Waals surface area contributed by atoms with Crippen LogP contribution < -0.4 is 10.6 Å². The fourth-order valence-electron chi connectivity index (χ4n) is 3.73. The van der Waals surface area contributed by atoms with Crippen LogP contribution in [-0.4, -0.2) is 34.3 Å². The Labute approximate surface area is 167 Å². The number of amides is 4. The smallest absolute Gasteiger partial charge is 0.322 e. The molecular weight excluding hydrogens is 380 g/mol. The number of fused-ring (bicyclic) bond motifs is 1. The van der Waals surface area contributed by atoms with Crippen LogP contribution >= 0.6 is 11.6 Å². The summed E-state index contributed by atoms with van der Waals surface area (Å²) < 4.78 is 0. The zero-order valence-electron chi connectivity index (χ0n) is 15.3. The molecule has 1 saturated heterocycles. The van der Waals surface area contributed by atoms with E-state index in [0.29, 0.717) is 5.69 Å². The number of imide groups is 1. The van der Waals surface area contributed by atoms with Crippen molar-refractivity contribution in [3.8, 4) is 0 Å². The molecule has 2 aromatic rings. The van der Waals surface area contributed by atoms with E-state index in [9.17, 15) is 14.4 Å². The van der Waals surface area contributed by atoms with Crippen molar-refractivity contribution in [2.45, 2.75) is 31.7 Å². The van der Waals surface area contributed by atoms with Crippen molar-refractivity contribution >= 4 is 35.1 Å². The number of carbonyl (C=O) groups is 3. The second-order valence-corrected chi connectivity index (χ2v) is 7.53. The van der Waals surface area contributed by atoms with Gasteiger partial charge in [0.1, 0.15) is 12.1 Å². The van der Waals surface area contributed by atoms with Crippen LogP contribution in [0.1, 0.15) is 30.0 Å². The quantitative estimate of drug-likeness (QED) is 0.611. The maximum atomic E-state index is 13.0. The minimum absolute atomic E-state index is 0.135. The van der Waals surface area contributed by atoms with Crippen molar-refractivity contribution in [1.29, 1.82) is 0 Å². The molecule has 2 aliphatic rings. The van der Waals surface area contributed by atoms with Crippen molar-refractivity contribution in [3.63, 3.8) is 0 Å². The SMILES string of the molecule is C[C@]1(c2ccc3c(c2)CCC3)NC(=O)N(CC(=O)Nc2cccnc2Cl)C1=O. The zero-order chi connectivity index (χ0) is 19.9. The lowest BCUT2D eigenvalue weighted by atomic mass is 9.89. The Kier molecular flexibility index (Phi) is 4.55. The molecule has 0 saturated carbocycles. The van der Waals surface area contributed by atoms with Gasteiger partial charge in [-0.1, -0.05) is 29.8 Å². The highest BCUT2D eigenvalue weighted by atomic mass is 35.5. The number of carbonyl (C=O) groups excluding carboxylic acids is 3. The van der Waals surface area contributed by atoms with Crippen LogP contribution in [0.3, 0.4) is 0 Å². The molecule has 4 amide bonds. The van der Waals surface area contributed by atoms with Crippen molar-refractivity contribution < 1.29 is 14.4 Å². The summed E-state index contributed by atoms with van der Waals surface area (Å²) in [6.07, 6.45) is 4.60. The number of nitrogens with zero attached hydrogens (tertiary/aromatic N) is 2. The van der Waals surface area contributed by atoms with Gasteiger partial charge in [0.05, 0.1) is 5.69 Å². The Balaban J connectivity index is 1.52. The van der Waals surface area contributed by atoms with E-state index in [2.05, 4.69) is 15.6 Å². The van der Waals surface area contributed by atoms with E-state index >= 15 is 0 Å². The molecule has 4 rings (SSSR count). The van der Waals surface area contributed by atoms with Crippen molar-refractivity contribution in [2.75, 3.05) is 11.9 Å². The van der Waals surface area contributed by atoms with Gasteiger partial charge in [0.15, 0.2) is 5.15 Å². The number of urea groups is 1. The van der Waals surface area contributed by atoms with Gasteiger partial charge in [-0.15, -0.1) is 0 Å². The lowest BCUT2D eigenvalue weighted by Crippen LogP contribution is -2.42. The molecule has 0 spiro atoms. The molecule has 8 heteroatoms. The van der Waals surface area contributed by atoms with E-state index in [1.165, 1.54) is 17.3 Å². The molecular formula is C20H19ClN4O3. The third-order valence-electron chi connectivity index (χ3n) is 5.29. The predicted octanol–water partition coefficient (Wildman–Crippen LogP) is 2.63. The largest absolute Gasteiger partial charge is 0.325 e. The summed E-state index contributed by atoms with van der Waals surface area (Å²) in [6, 6.07) is 8.50. The summed E-state index contributed by atoms with van der Waals surface area (Å²) in [6.45, 7) is 1.26. The highest BCUT2D eigenvalue weighted by molar-refractivity contribution is 6.32. The first kappa shape index (κ1) is 18.4. The Hall–Kier alpha value is -2.93. The number of nitrogens with one attached hydrogen (secondary N) is 2. The number of pyridine rings is 1. The number of hydrogen-bond acceptors (Lipinski definition) is 4. The second-order valence-electron chi connectivity index (χ2n) is 7.17. The lowest BCUT2D eigenvalue weighted by Gasteiger charge is -2.23. The van der Waals surface area contributed by atoms with Gasteiger partial charge >= 0.3 is 6.03 Å². The minimum atomic E-state index is -1.19. The summed E-state index contributed by atoms with van der Waals surface area (Å²) in [5.41, 5.74) is 2.35. The molecule has 1 aromatic heterocycles. The van der Waals surface area contributed by atoms with Crippen molar-refractivity contribution in [3.05, 3.63) is 58.4 Å². The van der Waals surface area contributed by atoms with Crippen LogP contribution in [0.5, 0.6) is 0 Å². The average molecular weight is 399 g/mol. The van der Waals surface area contributed by atoms with Crippen LogP contribution in [0.25, 0.3) is 0 Å². The molecule has 1 aromatic carbocycles. The first-order valence-corrected chi connectivity index (χ1v) is 9.43. The predicted molar refractivity (Wildman–Crippen MR) is 104 cm³/mol. The van der Waals surface area contributed by atoms with Gasteiger partial charge in [0.2, 0.25) is 5.91 Å². The molecule has 1 fully saturated rings. The summed E-state index contributed by atoms with van der Waals surface area (Å²) in [5.74, 6) is -0.987. The molecule has 1 atom stereocenters. The van der Waals surface area contributed by atoms with E-state index in [-0.39, 0.29) is 5.15 Å². The summed E-state index contributed by atoms with van der Waals surface area (Å²) in [5, 5.41) is 5.44. The van der Waals surface area contributed by atoms with Gasteiger partial charge in [0, 0.05) is 6.20 Å². The summed E-state index contributed by atoms with van der Waals surface area (Å²) >= 11 is 5.93. The van der Waals surface area contributed by atoms with Crippen LogP contribution in [0.2, 0.25) is 5.15 Å². The molecule has 1 aliphatic carbocycles. The van der Waals surface area contributed by atoms with Crippen LogP contribution in [0, 0.1) is 0 Å². The normalized spacial score (nSPS) is 20.9. The highest BCUT2D eigenvalue weighted by Crippen LogP contribution is 2.32. The summed E-state index contributed by atoms with van der Waals surface area (Å²) in [4.78, 5) is 42.6. The monoisotopic (exact) mass is 398 g/mol. The first-order valence-electron chi connectivity index (χ1n) is 9.05. The van der Waals surface area contributed by atoms with Gasteiger partial charge < -0.3 is 10.6 Å². The Morgan fingerprint density at radius 1 is 1.29 bits per heavy atom. The number of aryl methyl sites for hydroxylation is 2. The molecule has 0 unspecified atom stereocenters. The molecule has 0 bridgehead atoms. The second kappa shape index (κ2) is 6.91. The number of aromatic nitrogens is 1. The van der Waals surface area contributed by atoms with E-state index < -0.39 is 29.9 Å². The number of anilines is 1. The van der Waals surface area contributed by atoms with Crippen LogP contribution in [0.4, 0.5) is 10.5 Å². The molecule has 2 heterocycles. The Morgan fingerprint density at radius 2 is 2.07 bits per heavy atom. The molecule has 7 nitrogen and oxygen atoms in total. The van der Waals surface area contributed by atoms with Crippen molar-refractivity contribution in [2.24, 2.45) is 0 Å². The molecule has 2 N–H and O–H groups in total. The minimum Gasteiger partial charge on any atom is -0.322 e. The molecule has 1 aliphatic heterocycles. The fraction of sp³-hybridized carbons (Fsp3) is 0.300. The van der Waals surface area contributed by atoms with Gasteiger partial charge in [-0.2, -0.15) is 0 Å². The highest BCUT2D eigenvalue weighted by Gasteiger charge is 2.49. The Bertz CT molecular complexity index is 993. The summed E-state index contributed by atoms with van der Waals surface area (Å²) in [7, 11) is 0. The average Bonchev–Trinajstić information content (AvgIpc) is 3.22. The van der Waals surface area contributed by atoms with Crippen molar-refractivity contribution in [1.82, 2.24) is 15.2 Å². The van der Waals surface area contributed by atoms with Gasteiger partial charge in [-0.3, -0.25) is 14.5 Å². The van der Waals surface area contributed by atoms with Gasteiger partial charge in [-0.05, 0) is 55.0 Å². The third kappa shape index (κ3) is 3.11. The third-order valence-corrected chi connectivity index (χ3v) is 5.59. The first-order chi connectivity index (χ1) is 13.4. The van der Waals surface area contributed by atoms with Gasteiger partial charge in [0.25, 0.3) is 5.91 Å². The molecule has 0 radical (unpaired) electrons. The number of rotatable bonds is 4. The number of halogens is 1. The standard InChI is InChI=1S/C20H19ClN4O3/c1-20(14-8-7-12-4-2-5-13(12)10-14)18(27)25(19(28)24-20)11-16(26)23-15-6-3-9-22-17(15)21/h3,6-10H,2,4-5,11H2,1H3,(H,23,26)(H,24,28)/t20-/m1/s1. The van der Waals surface area contributed by atoms with Crippen LogP contribution in [-0.2, 0) is 28.0 Å². The Morgan fingerprint density at radius 3 is 2.86 bits per heavy atom. The number of hydrogen-bond donors (Lipinski definition) is 2.